The maximum atomic E-state index is 13.0. The molecule has 0 spiro atoms. The van der Waals surface area contributed by atoms with Gasteiger partial charge in [0, 0.05) is 31.7 Å². The highest BCUT2D eigenvalue weighted by atomic mass is 16.2. The third kappa shape index (κ3) is 3.05. The molecule has 0 saturated heterocycles. The smallest absolute Gasteiger partial charge is 0.261 e. The lowest BCUT2D eigenvalue weighted by molar-refractivity contribution is 0.0730. The number of aromatic amines is 1. The van der Waals surface area contributed by atoms with Crippen molar-refractivity contribution in [3.63, 3.8) is 0 Å². The lowest BCUT2D eigenvalue weighted by Gasteiger charge is -2.30. The van der Waals surface area contributed by atoms with Crippen molar-refractivity contribution in [3.8, 4) is 0 Å². The first-order valence-electron chi connectivity index (χ1n) is 8.89. The minimum Gasteiger partial charge on any atom is -0.362 e. The number of aromatic nitrogens is 3. The zero-order valence-electron chi connectivity index (χ0n) is 15.6. The second-order valence-corrected chi connectivity index (χ2v) is 6.99. The Hall–Kier alpha value is -3.22. The lowest BCUT2D eigenvalue weighted by Crippen LogP contribution is -2.39. The number of benzene rings is 1. The predicted molar refractivity (Wildman–Crippen MR) is 104 cm³/mol. The lowest BCUT2D eigenvalue weighted by atomic mass is 10.0. The molecule has 138 valence electrons. The number of carbonyl (C=O) groups is 1. The van der Waals surface area contributed by atoms with Crippen molar-refractivity contribution in [3.05, 3.63) is 63.3 Å². The Morgan fingerprint density at radius 1 is 1.22 bits per heavy atom. The average molecular weight is 363 g/mol. The van der Waals surface area contributed by atoms with E-state index in [1.807, 2.05) is 50.2 Å². The maximum Gasteiger partial charge on any atom is 0.261 e. The summed E-state index contributed by atoms with van der Waals surface area (Å²) in [6.45, 7) is 2.76. The molecule has 1 N–H and O–H groups in total. The molecule has 0 radical (unpaired) electrons. The molecule has 0 aliphatic carbocycles. The van der Waals surface area contributed by atoms with Gasteiger partial charge in [-0.05, 0) is 30.9 Å². The summed E-state index contributed by atoms with van der Waals surface area (Å²) in [6.07, 6.45) is 0.667. The minimum atomic E-state index is -0.364. The van der Waals surface area contributed by atoms with Gasteiger partial charge in [0.1, 0.15) is 17.2 Å². The first-order valence-corrected chi connectivity index (χ1v) is 8.89. The zero-order chi connectivity index (χ0) is 19.1. The average Bonchev–Trinajstić information content (AvgIpc) is 2.65. The van der Waals surface area contributed by atoms with Crippen molar-refractivity contribution >= 4 is 22.6 Å². The van der Waals surface area contributed by atoms with Crippen molar-refractivity contribution in [2.45, 2.75) is 19.9 Å². The Bertz CT molecular complexity index is 1100. The molecular weight excluding hydrogens is 342 g/mol. The van der Waals surface area contributed by atoms with E-state index in [1.165, 1.54) is 0 Å². The van der Waals surface area contributed by atoms with Crippen LogP contribution >= 0.6 is 0 Å². The number of aryl methyl sites for hydroxylation is 1. The fourth-order valence-corrected chi connectivity index (χ4v) is 3.55. The third-order valence-electron chi connectivity index (χ3n) is 4.85. The fraction of sp³-hybridized carbons (Fsp3) is 0.300. The molecule has 0 bridgehead atoms. The number of rotatable bonds is 2. The number of hydrogen-bond donors (Lipinski definition) is 1. The van der Waals surface area contributed by atoms with E-state index in [2.05, 4.69) is 15.0 Å². The van der Waals surface area contributed by atoms with Gasteiger partial charge in [0.2, 0.25) is 0 Å². The van der Waals surface area contributed by atoms with E-state index in [0.717, 1.165) is 28.0 Å². The Kier molecular flexibility index (Phi) is 4.14. The van der Waals surface area contributed by atoms with Crippen molar-refractivity contribution < 1.29 is 4.79 Å². The topological polar surface area (TPSA) is 82.2 Å². The van der Waals surface area contributed by atoms with Crippen molar-refractivity contribution in [1.82, 2.24) is 19.9 Å². The summed E-state index contributed by atoms with van der Waals surface area (Å²) < 4.78 is 0. The third-order valence-corrected chi connectivity index (χ3v) is 4.85. The molecule has 1 aliphatic rings. The van der Waals surface area contributed by atoms with E-state index in [9.17, 15) is 9.59 Å². The molecule has 0 fully saturated rings. The van der Waals surface area contributed by atoms with Crippen molar-refractivity contribution in [1.29, 1.82) is 0 Å². The monoisotopic (exact) mass is 363 g/mol. The number of fused-ring (bicyclic) bond motifs is 2. The number of nitrogens with one attached hydrogen (secondary N) is 1. The zero-order valence-corrected chi connectivity index (χ0v) is 15.6. The van der Waals surface area contributed by atoms with Gasteiger partial charge in [0.05, 0.1) is 12.2 Å². The van der Waals surface area contributed by atoms with E-state index in [1.54, 1.807) is 11.0 Å². The molecule has 3 aromatic rings. The number of nitrogens with zero attached hydrogens (tertiary/aromatic N) is 4. The van der Waals surface area contributed by atoms with Gasteiger partial charge in [-0.1, -0.05) is 18.2 Å². The van der Waals surface area contributed by atoms with E-state index < -0.39 is 0 Å². The molecule has 1 amide bonds. The first-order chi connectivity index (χ1) is 12.9. The predicted octanol–water partition coefficient (Wildman–Crippen LogP) is 1.89. The highest BCUT2D eigenvalue weighted by Gasteiger charge is 2.27. The van der Waals surface area contributed by atoms with Crippen LogP contribution in [0.15, 0.2) is 35.1 Å². The summed E-state index contributed by atoms with van der Waals surface area (Å²) in [6, 6.07) is 9.11. The molecule has 7 heteroatoms. The SMILES string of the molecule is Cc1nc2c(c(N(C)C)n1)CCN(C(=O)c1cc3ccccc3[nH]c1=O)C2. The van der Waals surface area contributed by atoms with Gasteiger partial charge in [-0.2, -0.15) is 0 Å². The van der Waals surface area contributed by atoms with Crippen molar-refractivity contribution in [2.75, 3.05) is 25.5 Å². The van der Waals surface area contributed by atoms with Crippen LogP contribution in [0.3, 0.4) is 0 Å². The number of anilines is 1. The summed E-state index contributed by atoms with van der Waals surface area (Å²) in [5.74, 6) is 1.30. The maximum absolute atomic E-state index is 13.0. The summed E-state index contributed by atoms with van der Waals surface area (Å²) in [5, 5.41) is 0.839. The number of hydrogen-bond acceptors (Lipinski definition) is 5. The Labute approximate surface area is 156 Å². The molecule has 3 heterocycles. The molecular formula is C20H21N5O2. The molecule has 0 saturated carbocycles. The number of pyridine rings is 1. The van der Waals surface area contributed by atoms with Gasteiger partial charge >= 0.3 is 0 Å². The van der Waals surface area contributed by atoms with E-state index in [4.69, 9.17) is 0 Å². The first kappa shape index (κ1) is 17.2. The van der Waals surface area contributed by atoms with Crippen LogP contribution in [0.1, 0.15) is 27.4 Å². The number of para-hydroxylation sites is 1. The van der Waals surface area contributed by atoms with Crippen LogP contribution in [0.25, 0.3) is 10.9 Å². The van der Waals surface area contributed by atoms with Crippen LogP contribution in [0.4, 0.5) is 5.82 Å². The van der Waals surface area contributed by atoms with E-state index >= 15 is 0 Å². The Balaban J connectivity index is 1.69. The van der Waals surface area contributed by atoms with E-state index in [0.29, 0.717) is 25.3 Å². The number of amides is 1. The van der Waals surface area contributed by atoms with Gasteiger partial charge in [0.25, 0.3) is 11.5 Å². The molecule has 1 aromatic carbocycles. The summed E-state index contributed by atoms with van der Waals surface area (Å²) in [7, 11) is 3.91. The van der Waals surface area contributed by atoms with Gasteiger partial charge in [-0.25, -0.2) is 9.97 Å². The quantitative estimate of drug-likeness (QED) is 0.752. The minimum absolute atomic E-state index is 0.163. The molecule has 27 heavy (non-hydrogen) atoms. The van der Waals surface area contributed by atoms with Crippen LogP contribution in [0.2, 0.25) is 0 Å². The fourth-order valence-electron chi connectivity index (χ4n) is 3.55. The molecule has 7 nitrogen and oxygen atoms in total. The summed E-state index contributed by atoms with van der Waals surface area (Å²) in [5.41, 5.74) is 2.44. The normalized spacial score (nSPS) is 13.5. The van der Waals surface area contributed by atoms with E-state index in [-0.39, 0.29) is 17.0 Å². The largest absolute Gasteiger partial charge is 0.362 e. The molecule has 0 unspecified atom stereocenters. The Morgan fingerprint density at radius 2 is 2.00 bits per heavy atom. The standard InChI is InChI=1S/C20H21N5O2/c1-12-21-17-11-25(9-8-14(17)18(22-12)24(2)3)20(27)15-10-13-6-4-5-7-16(13)23-19(15)26/h4-7,10H,8-9,11H2,1-3H3,(H,23,26). The molecule has 1 aliphatic heterocycles. The number of H-pyrrole nitrogens is 1. The van der Waals surface area contributed by atoms with Crippen LogP contribution in [0.5, 0.6) is 0 Å². The van der Waals surface area contributed by atoms with Crippen LogP contribution in [-0.2, 0) is 13.0 Å². The van der Waals surface area contributed by atoms with Gasteiger partial charge < -0.3 is 14.8 Å². The molecule has 0 atom stereocenters. The van der Waals surface area contributed by atoms with Crippen molar-refractivity contribution in [2.24, 2.45) is 0 Å². The van der Waals surface area contributed by atoms with Crippen LogP contribution in [0, 0.1) is 6.92 Å². The van der Waals surface area contributed by atoms with Gasteiger partial charge in [-0.15, -0.1) is 0 Å². The Morgan fingerprint density at radius 3 is 2.78 bits per heavy atom. The highest BCUT2D eigenvalue weighted by Crippen LogP contribution is 2.26. The van der Waals surface area contributed by atoms with Gasteiger partial charge in [0.15, 0.2) is 0 Å². The second kappa shape index (κ2) is 6.50. The van der Waals surface area contributed by atoms with Crippen LogP contribution in [-0.4, -0.2) is 46.4 Å². The van der Waals surface area contributed by atoms with Crippen LogP contribution < -0.4 is 10.5 Å². The second-order valence-electron chi connectivity index (χ2n) is 6.99. The molecule has 2 aromatic heterocycles. The van der Waals surface area contributed by atoms with Gasteiger partial charge in [-0.3, -0.25) is 9.59 Å². The highest BCUT2D eigenvalue weighted by molar-refractivity contribution is 5.97. The summed E-state index contributed by atoms with van der Waals surface area (Å²) in [4.78, 5) is 41.0. The molecule has 4 rings (SSSR count). The summed E-state index contributed by atoms with van der Waals surface area (Å²) >= 11 is 0. The number of carbonyl (C=O) groups excluding carboxylic acids is 1.